The van der Waals surface area contributed by atoms with Gasteiger partial charge in [0.25, 0.3) is 5.91 Å². The van der Waals surface area contributed by atoms with Crippen molar-refractivity contribution in [3.63, 3.8) is 0 Å². The number of anilines is 1. The SMILES string of the molecule is Cc1c(-c2ccccc2)oc2c(C(=O)Nc3ccc(Cl)cc3F)cccc2c1=O. The molecule has 0 radical (unpaired) electrons. The number of carbonyl (C=O) groups excluding carboxylic acids is 1. The number of rotatable bonds is 3. The van der Waals surface area contributed by atoms with Crippen molar-refractivity contribution in [1.29, 1.82) is 0 Å². The summed E-state index contributed by atoms with van der Waals surface area (Å²) in [5, 5.41) is 3.01. The van der Waals surface area contributed by atoms with Gasteiger partial charge in [0, 0.05) is 16.1 Å². The number of nitrogens with one attached hydrogen (secondary N) is 1. The Balaban J connectivity index is 1.86. The molecule has 0 bridgehead atoms. The normalized spacial score (nSPS) is 10.9. The Morgan fingerprint density at radius 2 is 1.79 bits per heavy atom. The summed E-state index contributed by atoms with van der Waals surface area (Å²) in [6.07, 6.45) is 0. The summed E-state index contributed by atoms with van der Waals surface area (Å²) in [5.41, 5.74) is 1.21. The third-order valence-electron chi connectivity index (χ3n) is 4.60. The molecule has 0 unspecified atom stereocenters. The van der Waals surface area contributed by atoms with Crippen LogP contribution in [-0.2, 0) is 0 Å². The van der Waals surface area contributed by atoms with E-state index < -0.39 is 11.7 Å². The fourth-order valence-electron chi connectivity index (χ4n) is 3.13. The molecule has 0 aliphatic rings. The van der Waals surface area contributed by atoms with Crippen LogP contribution in [0.1, 0.15) is 15.9 Å². The maximum atomic E-state index is 14.1. The van der Waals surface area contributed by atoms with Gasteiger partial charge >= 0.3 is 0 Å². The molecule has 0 aliphatic heterocycles. The fourth-order valence-corrected chi connectivity index (χ4v) is 3.29. The lowest BCUT2D eigenvalue weighted by molar-refractivity contribution is 0.102. The molecule has 3 aromatic carbocycles. The van der Waals surface area contributed by atoms with Crippen LogP contribution in [-0.4, -0.2) is 5.91 Å². The van der Waals surface area contributed by atoms with E-state index in [0.717, 1.165) is 11.6 Å². The van der Waals surface area contributed by atoms with Crippen LogP contribution in [0.4, 0.5) is 10.1 Å². The minimum atomic E-state index is -0.659. The lowest BCUT2D eigenvalue weighted by Gasteiger charge is -2.11. The van der Waals surface area contributed by atoms with E-state index in [4.69, 9.17) is 16.0 Å². The van der Waals surface area contributed by atoms with Crippen LogP contribution in [0.15, 0.2) is 75.9 Å². The molecule has 1 N–H and O–H groups in total. The molecule has 0 aliphatic carbocycles. The smallest absolute Gasteiger partial charge is 0.259 e. The minimum Gasteiger partial charge on any atom is -0.455 e. The van der Waals surface area contributed by atoms with Crippen molar-refractivity contribution in [3.05, 3.63) is 98.9 Å². The van der Waals surface area contributed by atoms with Gasteiger partial charge in [-0.15, -0.1) is 0 Å². The molecule has 0 saturated carbocycles. The predicted octanol–water partition coefficient (Wildman–Crippen LogP) is 5.81. The summed E-state index contributed by atoms with van der Waals surface area (Å²) in [6.45, 7) is 1.68. The fraction of sp³-hybridized carbons (Fsp3) is 0.0435. The van der Waals surface area contributed by atoms with Gasteiger partial charge in [-0.2, -0.15) is 0 Å². The van der Waals surface area contributed by atoms with E-state index in [1.165, 1.54) is 18.2 Å². The molecular formula is C23H15ClFNO3. The van der Waals surface area contributed by atoms with Gasteiger partial charge in [0.1, 0.15) is 11.6 Å². The Morgan fingerprint density at radius 1 is 1.03 bits per heavy atom. The average molecular weight is 408 g/mol. The predicted molar refractivity (Wildman–Crippen MR) is 112 cm³/mol. The summed E-state index contributed by atoms with van der Waals surface area (Å²) in [6, 6.07) is 17.8. The number of fused-ring (bicyclic) bond motifs is 1. The molecular weight excluding hydrogens is 393 g/mol. The van der Waals surface area contributed by atoms with Gasteiger partial charge in [0.05, 0.1) is 16.6 Å². The van der Waals surface area contributed by atoms with E-state index in [-0.39, 0.29) is 32.7 Å². The first-order chi connectivity index (χ1) is 14.0. The standard InChI is InChI=1S/C23H15ClFNO3/c1-13-20(27)16-8-5-9-17(22(16)29-21(13)14-6-3-2-4-7-14)23(28)26-19-11-10-15(24)12-18(19)25/h2-12H,1H3,(H,26,28). The van der Waals surface area contributed by atoms with E-state index in [2.05, 4.69) is 5.32 Å². The highest BCUT2D eigenvalue weighted by molar-refractivity contribution is 6.30. The van der Waals surface area contributed by atoms with Gasteiger partial charge in [-0.1, -0.05) is 48.0 Å². The zero-order valence-corrected chi connectivity index (χ0v) is 16.1. The highest BCUT2D eigenvalue weighted by Gasteiger charge is 2.19. The Kier molecular flexibility index (Phi) is 4.91. The van der Waals surface area contributed by atoms with E-state index in [0.29, 0.717) is 11.3 Å². The number of halogens is 2. The molecule has 144 valence electrons. The summed E-state index contributed by atoms with van der Waals surface area (Å²) in [5.74, 6) is -0.864. The molecule has 6 heteroatoms. The maximum absolute atomic E-state index is 14.1. The molecule has 0 spiro atoms. The number of amides is 1. The van der Waals surface area contributed by atoms with Crippen LogP contribution in [0.25, 0.3) is 22.3 Å². The van der Waals surface area contributed by atoms with Gasteiger partial charge in [-0.25, -0.2) is 4.39 Å². The molecule has 0 saturated heterocycles. The van der Waals surface area contributed by atoms with Crippen molar-refractivity contribution < 1.29 is 13.6 Å². The molecule has 4 aromatic rings. The van der Waals surface area contributed by atoms with E-state index in [9.17, 15) is 14.0 Å². The second-order valence-corrected chi connectivity index (χ2v) is 6.95. The van der Waals surface area contributed by atoms with Crippen molar-refractivity contribution in [2.75, 3.05) is 5.32 Å². The number of para-hydroxylation sites is 1. The Morgan fingerprint density at radius 3 is 2.52 bits per heavy atom. The first kappa shape index (κ1) is 18.9. The monoisotopic (exact) mass is 407 g/mol. The van der Waals surface area contributed by atoms with Crippen molar-refractivity contribution >= 4 is 34.2 Å². The average Bonchev–Trinajstić information content (AvgIpc) is 2.73. The number of hydrogen-bond donors (Lipinski definition) is 1. The zero-order chi connectivity index (χ0) is 20.5. The first-order valence-corrected chi connectivity index (χ1v) is 9.22. The molecule has 1 amide bonds. The molecule has 29 heavy (non-hydrogen) atoms. The highest BCUT2D eigenvalue weighted by atomic mass is 35.5. The second kappa shape index (κ2) is 7.53. The van der Waals surface area contributed by atoms with Gasteiger partial charge in [-0.05, 0) is 37.3 Å². The first-order valence-electron chi connectivity index (χ1n) is 8.84. The lowest BCUT2D eigenvalue weighted by Crippen LogP contribution is -2.15. The molecule has 0 atom stereocenters. The zero-order valence-electron chi connectivity index (χ0n) is 15.3. The summed E-state index contributed by atoms with van der Waals surface area (Å²) < 4.78 is 20.1. The molecule has 1 aromatic heterocycles. The van der Waals surface area contributed by atoms with Crippen molar-refractivity contribution in [2.24, 2.45) is 0 Å². The molecule has 1 heterocycles. The Hall–Kier alpha value is -3.44. The lowest BCUT2D eigenvalue weighted by atomic mass is 10.0. The van der Waals surface area contributed by atoms with Crippen molar-refractivity contribution in [2.45, 2.75) is 6.92 Å². The van der Waals surface area contributed by atoms with Crippen molar-refractivity contribution in [3.8, 4) is 11.3 Å². The molecule has 4 nitrogen and oxygen atoms in total. The van der Waals surface area contributed by atoms with Crippen LogP contribution < -0.4 is 10.7 Å². The number of hydrogen-bond acceptors (Lipinski definition) is 3. The van der Waals surface area contributed by atoms with Crippen LogP contribution in [0, 0.1) is 12.7 Å². The largest absolute Gasteiger partial charge is 0.455 e. The van der Waals surface area contributed by atoms with Crippen LogP contribution in [0.5, 0.6) is 0 Å². The topological polar surface area (TPSA) is 59.3 Å². The Bertz CT molecular complexity index is 1300. The van der Waals surface area contributed by atoms with E-state index >= 15 is 0 Å². The van der Waals surface area contributed by atoms with Gasteiger partial charge in [0.2, 0.25) is 0 Å². The van der Waals surface area contributed by atoms with Crippen molar-refractivity contribution in [1.82, 2.24) is 0 Å². The van der Waals surface area contributed by atoms with Crippen LogP contribution >= 0.6 is 11.6 Å². The third-order valence-corrected chi connectivity index (χ3v) is 4.84. The van der Waals surface area contributed by atoms with Crippen LogP contribution in [0.3, 0.4) is 0 Å². The number of benzene rings is 3. The highest BCUT2D eigenvalue weighted by Crippen LogP contribution is 2.28. The summed E-state index contributed by atoms with van der Waals surface area (Å²) >= 11 is 5.75. The van der Waals surface area contributed by atoms with Crippen LogP contribution in [0.2, 0.25) is 5.02 Å². The van der Waals surface area contributed by atoms with E-state index in [1.807, 2.05) is 30.3 Å². The second-order valence-electron chi connectivity index (χ2n) is 6.51. The number of carbonyl (C=O) groups is 1. The van der Waals surface area contributed by atoms with Gasteiger partial charge < -0.3 is 9.73 Å². The van der Waals surface area contributed by atoms with Gasteiger partial charge in [0.15, 0.2) is 11.0 Å². The Labute approximate surface area is 170 Å². The quantitative estimate of drug-likeness (QED) is 0.466. The summed E-state index contributed by atoms with van der Waals surface area (Å²) in [4.78, 5) is 25.7. The van der Waals surface area contributed by atoms with E-state index in [1.54, 1.807) is 19.1 Å². The third kappa shape index (κ3) is 3.52. The molecule has 4 rings (SSSR count). The maximum Gasteiger partial charge on any atom is 0.259 e. The minimum absolute atomic E-state index is 0.0193. The summed E-state index contributed by atoms with van der Waals surface area (Å²) in [7, 11) is 0. The van der Waals surface area contributed by atoms with Gasteiger partial charge in [-0.3, -0.25) is 9.59 Å². The molecule has 0 fully saturated rings.